The summed E-state index contributed by atoms with van der Waals surface area (Å²) in [5.41, 5.74) is 1.43. The van der Waals surface area contributed by atoms with Gasteiger partial charge >= 0.3 is 0 Å². The molecular formula is C12H18N2. The Bertz CT molecular complexity index is 271. The maximum Gasteiger partial charge on any atom is 0.0270 e. The SMILES string of the molecule is CC1CNCCC1Cc1ccncc1. The highest BCUT2D eigenvalue weighted by Crippen LogP contribution is 2.22. The molecule has 1 saturated heterocycles. The van der Waals surface area contributed by atoms with Gasteiger partial charge in [0.2, 0.25) is 0 Å². The van der Waals surface area contributed by atoms with Crippen LogP contribution < -0.4 is 5.32 Å². The Morgan fingerprint density at radius 2 is 2.21 bits per heavy atom. The number of nitrogens with one attached hydrogen (secondary N) is 1. The third kappa shape index (κ3) is 2.32. The summed E-state index contributed by atoms with van der Waals surface area (Å²) in [4.78, 5) is 4.05. The third-order valence-corrected chi connectivity index (χ3v) is 3.21. The van der Waals surface area contributed by atoms with E-state index < -0.39 is 0 Å². The zero-order valence-corrected chi connectivity index (χ0v) is 8.74. The minimum absolute atomic E-state index is 0.803. The monoisotopic (exact) mass is 190 g/mol. The van der Waals surface area contributed by atoms with E-state index in [0.717, 1.165) is 11.8 Å². The first kappa shape index (κ1) is 9.66. The summed E-state index contributed by atoms with van der Waals surface area (Å²) in [7, 11) is 0. The highest BCUT2D eigenvalue weighted by atomic mass is 14.9. The van der Waals surface area contributed by atoms with Crippen LogP contribution in [0.5, 0.6) is 0 Å². The second-order valence-corrected chi connectivity index (χ2v) is 4.29. The fourth-order valence-corrected chi connectivity index (χ4v) is 2.19. The Balaban J connectivity index is 1.96. The Hall–Kier alpha value is -0.890. The second kappa shape index (κ2) is 4.56. The molecule has 14 heavy (non-hydrogen) atoms. The molecule has 76 valence electrons. The molecule has 0 bridgehead atoms. The van der Waals surface area contributed by atoms with E-state index in [1.54, 1.807) is 0 Å². The van der Waals surface area contributed by atoms with Gasteiger partial charge < -0.3 is 5.32 Å². The molecule has 1 aliphatic rings. The molecule has 0 saturated carbocycles. The van der Waals surface area contributed by atoms with Crippen LogP contribution >= 0.6 is 0 Å². The lowest BCUT2D eigenvalue weighted by molar-refractivity contribution is 0.272. The van der Waals surface area contributed by atoms with Gasteiger partial charge in [0.1, 0.15) is 0 Å². The summed E-state index contributed by atoms with van der Waals surface area (Å²) < 4.78 is 0. The lowest BCUT2D eigenvalue weighted by atomic mass is 9.83. The summed E-state index contributed by atoms with van der Waals surface area (Å²) in [5, 5.41) is 3.44. The largest absolute Gasteiger partial charge is 0.316 e. The van der Waals surface area contributed by atoms with Gasteiger partial charge in [0, 0.05) is 12.4 Å². The molecule has 2 atom stereocenters. The molecular weight excluding hydrogens is 172 g/mol. The summed E-state index contributed by atoms with van der Waals surface area (Å²) >= 11 is 0. The van der Waals surface area contributed by atoms with Gasteiger partial charge in [-0.05, 0) is 55.5 Å². The van der Waals surface area contributed by atoms with Crippen LogP contribution in [-0.4, -0.2) is 18.1 Å². The molecule has 0 aromatic carbocycles. The van der Waals surface area contributed by atoms with Crippen molar-refractivity contribution in [1.82, 2.24) is 10.3 Å². The molecule has 1 fully saturated rings. The van der Waals surface area contributed by atoms with Crippen LogP contribution in [0.1, 0.15) is 18.9 Å². The average Bonchev–Trinajstić information content (AvgIpc) is 2.23. The van der Waals surface area contributed by atoms with E-state index in [-0.39, 0.29) is 0 Å². The van der Waals surface area contributed by atoms with E-state index >= 15 is 0 Å². The smallest absolute Gasteiger partial charge is 0.0270 e. The van der Waals surface area contributed by atoms with Gasteiger partial charge in [-0.2, -0.15) is 0 Å². The molecule has 0 radical (unpaired) electrons. The van der Waals surface area contributed by atoms with E-state index in [1.807, 2.05) is 12.4 Å². The molecule has 2 heterocycles. The molecule has 0 aliphatic carbocycles. The van der Waals surface area contributed by atoms with E-state index in [4.69, 9.17) is 0 Å². The van der Waals surface area contributed by atoms with Gasteiger partial charge in [-0.3, -0.25) is 4.98 Å². The third-order valence-electron chi connectivity index (χ3n) is 3.21. The van der Waals surface area contributed by atoms with Crippen molar-refractivity contribution in [2.75, 3.05) is 13.1 Å². The van der Waals surface area contributed by atoms with E-state index in [2.05, 4.69) is 29.4 Å². The molecule has 0 spiro atoms. The van der Waals surface area contributed by atoms with Crippen LogP contribution in [-0.2, 0) is 6.42 Å². The average molecular weight is 190 g/mol. The van der Waals surface area contributed by atoms with Crippen molar-refractivity contribution in [2.45, 2.75) is 19.8 Å². The van der Waals surface area contributed by atoms with E-state index in [0.29, 0.717) is 0 Å². The number of hydrogen-bond donors (Lipinski definition) is 1. The zero-order valence-electron chi connectivity index (χ0n) is 8.74. The Morgan fingerprint density at radius 3 is 2.93 bits per heavy atom. The normalized spacial score (nSPS) is 27.5. The highest BCUT2D eigenvalue weighted by molar-refractivity contribution is 5.10. The van der Waals surface area contributed by atoms with Crippen LogP contribution in [0.15, 0.2) is 24.5 Å². The Kier molecular flexibility index (Phi) is 3.14. The number of nitrogens with zero attached hydrogens (tertiary/aromatic N) is 1. The Morgan fingerprint density at radius 1 is 1.43 bits per heavy atom. The lowest BCUT2D eigenvalue weighted by Crippen LogP contribution is -2.35. The molecule has 1 aromatic rings. The first-order chi connectivity index (χ1) is 6.86. The number of piperidine rings is 1. The van der Waals surface area contributed by atoms with Gasteiger partial charge in [-0.25, -0.2) is 0 Å². The predicted molar refractivity (Wildman–Crippen MR) is 58.1 cm³/mol. The fraction of sp³-hybridized carbons (Fsp3) is 0.583. The predicted octanol–water partition coefficient (Wildman–Crippen LogP) is 1.87. The number of rotatable bonds is 2. The number of aromatic nitrogens is 1. The summed E-state index contributed by atoms with van der Waals surface area (Å²) in [6.45, 7) is 4.70. The van der Waals surface area contributed by atoms with Crippen LogP contribution in [0.25, 0.3) is 0 Å². The maximum absolute atomic E-state index is 4.05. The lowest BCUT2D eigenvalue weighted by Gasteiger charge is -2.29. The van der Waals surface area contributed by atoms with Gasteiger partial charge in [0.25, 0.3) is 0 Å². The van der Waals surface area contributed by atoms with Crippen molar-refractivity contribution < 1.29 is 0 Å². The summed E-state index contributed by atoms with van der Waals surface area (Å²) in [6, 6.07) is 4.27. The number of hydrogen-bond acceptors (Lipinski definition) is 2. The fourth-order valence-electron chi connectivity index (χ4n) is 2.19. The molecule has 0 amide bonds. The van der Waals surface area contributed by atoms with E-state index in [9.17, 15) is 0 Å². The molecule has 2 nitrogen and oxygen atoms in total. The van der Waals surface area contributed by atoms with Crippen molar-refractivity contribution in [2.24, 2.45) is 11.8 Å². The van der Waals surface area contributed by atoms with Crippen molar-refractivity contribution in [1.29, 1.82) is 0 Å². The molecule has 2 heteroatoms. The quantitative estimate of drug-likeness (QED) is 0.770. The van der Waals surface area contributed by atoms with Crippen LogP contribution in [0.4, 0.5) is 0 Å². The molecule has 2 unspecified atom stereocenters. The van der Waals surface area contributed by atoms with Crippen molar-refractivity contribution >= 4 is 0 Å². The van der Waals surface area contributed by atoms with Gasteiger partial charge in [-0.15, -0.1) is 0 Å². The first-order valence-electron chi connectivity index (χ1n) is 5.46. The van der Waals surface area contributed by atoms with E-state index in [1.165, 1.54) is 31.5 Å². The van der Waals surface area contributed by atoms with Crippen LogP contribution in [0, 0.1) is 11.8 Å². The van der Waals surface area contributed by atoms with Crippen molar-refractivity contribution in [3.63, 3.8) is 0 Å². The van der Waals surface area contributed by atoms with Crippen molar-refractivity contribution in [3.05, 3.63) is 30.1 Å². The first-order valence-corrected chi connectivity index (χ1v) is 5.46. The molecule has 1 N–H and O–H groups in total. The zero-order chi connectivity index (χ0) is 9.80. The minimum atomic E-state index is 0.803. The standard InChI is InChI=1S/C12H18N2/c1-10-9-14-7-4-12(10)8-11-2-5-13-6-3-11/h2-3,5-6,10,12,14H,4,7-9H2,1H3. The van der Waals surface area contributed by atoms with Gasteiger partial charge in [0.05, 0.1) is 0 Å². The topological polar surface area (TPSA) is 24.9 Å². The van der Waals surface area contributed by atoms with Crippen LogP contribution in [0.2, 0.25) is 0 Å². The van der Waals surface area contributed by atoms with Crippen molar-refractivity contribution in [3.8, 4) is 0 Å². The number of pyridine rings is 1. The minimum Gasteiger partial charge on any atom is -0.316 e. The van der Waals surface area contributed by atoms with Gasteiger partial charge in [-0.1, -0.05) is 6.92 Å². The molecule has 2 rings (SSSR count). The van der Waals surface area contributed by atoms with Crippen LogP contribution in [0.3, 0.4) is 0 Å². The summed E-state index contributed by atoms with van der Waals surface area (Å²) in [5.74, 6) is 1.65. The molecule has 1 aliphatic heterocycles. The Labute approximate surface area is 85.7 Å². The highest BCUT2D eigenvalue weighted by Gasteiger charge is 2.20. The maximum atomic E-state index is 4.05. The molecule has 1 aromatic heterocycles. The second-order valence-electron chi connectivity index (χ2n) is 4.29. The summed E-state index contributed by atoms with van der Waals surface area (Å²) in [6.07, 6.45) is 6.30. The van der Waals surface area contributed by atoms with Gasteiger partial charge in [0.15, 0.2) is 0 Å².